The third-order valence-electron chi connectivity index (χ3n) is 4.23. The first-order valence-electron chi connectivity index (χ1n) is 9.15. The first-order valence-corrected chi connectivity index (χ1v) is 10.7. The fourth-order valence-electron chi connectivity index (χ4n) is 2.67. The number of esters is 1. The lowest BCUT2D eigenvalue weighted by Gasteiger charge is -2.21. The highest BCUT2D eigenvalue weighted by atomic mass is 32.2. The van der Waals surface area contributed by atoms with Gasteiger partial charge in [-0.05, 0) is 50.6 Å². The molecular formula is C21H24FNO5S. The van der Waals surface area contributed by atoms with Crippen molar-refractivity contribution in [3.63, 3.8) is 0 Å². The Bertz CT molecular complexity index is 943. The van der Waals surface area contributed by atoms with Gasteiger partial charge in [-0.25, -0.2) is 12.8 Å². The van der Waals surface area contributed by atoms with Crippen molar-refractivity contribution in [2.75, 3.05) is 0 Å². The standard InChI is InChI=1S/C21H24FNO5S/c1-14(2)28-20(24)13-19(16-7-5-4-6-8-16)23-21(25)15(3)29(26,27)18-11-9-17(22)10-12-18/h4-12,14-15,19H,13H2,1-3H3,(H,23,25)/t15-,19-/m1/s1. The Balaban J connectivity index is 2.21. The molecule has 29 heavy (non-hydrogen) atoms. The van der Waals surface area contributed by atoms with Crippen molar-refractivity contribution in [2.45, 2.75) is 49.5 Å². The van der Waals surface area contributed by atoms with E-state index in [9.17, 15) is 22.4 Å². The molecule has 0 aliphatic rings. The maximum Gasteiger partial charge on any atom is 0.308 e. The molecule has 2 aromatic carbocycles. The molecule has 0 aliphatic carbocycles. The fourth-order valence-corrected chi connectivity index (χ4v) is 3.95. The quantitative estimate of drug-likeness (QED) is 0.522. The minimum absolute atomic E-state index is 0.142. The maximum absolute atomic E-state index is 13.1. The molecule has 0 unspecified atom stereocenters. The van der Waals surface area contributed by atoms with Gasteiger partial charge in [-0.1, -0.05) is 30.3 Å². The van der Waals surface area contributed by atoms with Crippen molar-refractivity contribution in [2.24, 2.45) is 0 Å². The topological polar surface area (TPSA) is 89.5 Å². The molecule has 1 amide bonds. The molecule has 8 heteroatoms. The van der Waals surface area contributed by atoms with Gasteiger partial charge in [-0.15, -0.1) is 0 Å². The predicted octanol–water partition coefficient (Wildman–Crippen LogP) is 3.19. The Morgan fingerprint density at radius 2 is 1.59 bits per heavy atom. The van der Waals surface area contributed by atoms with E-state index >= 15 is 0 Å². The zero-order valence-corrected chi connectivity index (χ0v) is 17.3. The molecule has 0 saturated heterocycles. The van der Waals surface area contributed by atoms with Gasteiger partial charge in [0, 0.05) is 0 Å². The lowest BCUT2D eigenvalue weighted by atomic mass is 10.0. The molecule has 0 saturated carbocycles. The summed E-state index contributed by atoms with van der Waals surface area (Å²) in [6.07, 6.45) is -0.454. The van der Waals surface area contributed by atoms with Crippen LogP contribution in [0.3, 0.4) is 0 Å². The summed E-state index contributed by atoms with van der Waals surface area (Å²) in [5, 5.41) is 1.20. The summed E-state index contributed by atoms with van der Waals surface area (Å²) in [5.74, 6) is -1.85. The van der Waals surface area contributed by atoms with Gasteiger partial charge < -0.3 is 10.1 Å². The van der Waals surface area contributed by atoms with Crippen molar-refractivity contribution in [3.8, 4) is 0 Å². The molecular weight excluding hydrogens is 397 g/mol. The third-order valence-corrected chi connectivity index (χ3v) is 6.31. The molecule has 0 spiro atoms. The highest BCUT2D eigenvalue weighted by molar-refractivity contribution is 7.92. The van der Waals surface area contributed by atoms with Crippen LogP contribution in [0.15, 0.2) is 59.5 Å². The number of benzene rings is 2. The normalized spacial score (nSPS) is 13.6. The summed E-state index contributed by atoms with van der Waals surface area (Å²) in [7, 11) is -4.03. The average Bonchev–Trinajstić information content (AvgIpc) is 2.67. The van der Waals surface area contributed by atoms with Crippen molar-refractivity contribution in [3.05, 3.63) is 66.0 Å². The molecule has 6 nitrogen and oxygen atoms in total. The van der Waals surface area contributed by atoms with E-state index in [-0.39, 0.29) is 17.4 Å². The number of amides is 1. The molecule has 0 radical (unpaired) electrons. The van der Waals surface area contributed by atoms with E-state index in [0.29, 0.717) is 5.56 Å². The monoisotopic (exact) mass is 421 g/mol. The SMILES string of the molecule is CC(C)OC(=O)C[C@@H](NC(=O)[C@@H](C)S(=O)(=O)c1ccc(F)cc1)c1ccccc1. The van der Waals surface area contributed by atoms with Gasteiger partial charge in [-0.2, -0.15) is 0 Å². The maximum atomic E-state index is 13.1. The van der Waals surface area contributed by atoms with Gasteiger partial charge >= 0.3 is 5.97 Å². The summed E-state index contributed by atoms with van der Waals surface area (Å²) in [6, 6.07) is 12.3. The molecule has 156 valence electrons. The third kappa shape index (κ3) is 6.12. The zero-order chi connectivity index (χ0) is 21.6. The van der Waals surface area contributed by atoms with E-state index in [1.807, 2.05) is 0 Å². The highest BCUT2D eigenvalue weighted by Crippen LogP contribution is 2.21. The smallest absolute Gasteiger partial charge is 0.308 e. The van der Waals surface area contributed by atoms with Crippen LogP contribution in [0.25, 0.3) is 0 Å². The number of nitrogens with one attached hydrogen (secondary N) is 1. The molecule has 2 rings (SSSR count). The predicted molar refractivity (Wildman–Crippen MR) is 106 cm³/mol. The van der Waals surface area contributed by atoms with Crippen LogP contribution < -0.4 is 5.32 Å². The minimum Gasteiger partial charge on any atom is -0.463 e. The summed E-state index contributed by atoms with van der Waals surface area (Å²) in [6.45, 7) is 4.68. The number of rotatable bonds is 8. The second-order valence-electron chi connectivity index (χ2n) is 6.86. The fraction of sp³-hybridized carbons (Fsp3) is 0.333. The number of hydrogen-bond donors (Lipinski definition) is 1. The van der Waals surface area contributed by atoms with Crippen LogP contribution in [0, 0.1) is 5.82 Å². The van der Waals surface area contributed by atoms with E-state index in [2.05, 4.69) is 5.32 Å². The molecule has 0 aliphatic heterocycles. The van der Waals surface area contributed by atoms with Crippen LogP contribution in [0.4, 0.5) is 4.39 Å². The molecule has 2 atom stereocenters. The number of ether oxygens (including phenoxy) is 1. The Labute approximate surface area is 170 Å². The van der Waals surface area contributed by atoms with Crippen molar-refractivity contribution >= 4 is 21.7 Å². The molecule has 1 N–H and O–H groups in total. The molecule has 0 fully saturated rings. The van der Waals surface area contributed by atoms with Crippen molar-refractivity contribution < 1.29 is 27.1 Å². The van der Waals surface area contributed by atoms with E-state index in [4.69, 9.17) is 4.74 Å². The summed E-state index contributed by atoms with van der Waals surface area (Å²) < 4.78 is 43.6. The Morgan fingerprint density at radius 1 is 1.00 bits per heavy atom. The average molecular weight is 421 g/mol. The lowest BCUT2D eigenvalue weighted by Crippen LogP contribution is -2.40. The Hall–Kier alpha value is -2.74. The van der Waals surface area contributed by atoms with E-state index < -0.39 is 38.8 Å². The number of sulfone groups is 1. The van der Waals surface area contributed by atoms with Gasteiger partial charge in [0.25, 0.3) is 0 Å². The Kier molecular flexibility index (Phi) is 7.50. The van der Waals surface area contributed by atoms with Crippen LogP contribution in [0.5, 0.6) is 0 Å². The largest absolute Gasteiger partial charge is 0.463 e. The van der Waals surface area contributed by atoms with Crippen LogP contribution in [0.2, 0.25) is 0 Å². The van der Waals surface area contributed by atoms with E-state index in [1.54, 1.807) is 44.2 Å². The number of carbonyl (C=O) groups excluding carboxylic acids is 2. The lowest BCUT2D eigenvalue weighted by molar-refractivity contribution is -0.148. The number of carbonyl (C=O) groups is 2. The molecule has 0 bridgehead atoms. The first kappa shape index (κ1) is 22.5. The number of hydrogen-bond acceptors (Lipinski definition) is 5. The van der Waals surface area contributed by atoms with Crippen molar-refractivity contribution in [1.82, 2.24) is 5.32 Å². The summed E-state index contributed by atoms with van der Waals surface area (Å²) >= 11 is 0. The Morgan fingerprint density at radius 3 is 2.14 bits per heavy atom. The molecule has 2 aromatic rings. The van der Waals surface area contributed by atoms with Gasteiger partial charge in [0.05, 0.1) is 23.5 Å². The molecule has 0 heterocycles. The van der Waals surface area contributed by atoms with Crippen LogP contribution in [-0.4, -0.2) is 31.6 Å². The second-order valence-corrected chi connectivity index (χ2v) is 9.12. The first-order chi connectivity index (χ1) is 13.6. The van der Waals surface area contributed by atoms with Crippen LogP contribution in [-0.2, 0) is 24.2 Å². The summed E-state index contributed by atoms with van der Waals surface area (Å²) in [4.78, 5) is 24.7. The number of halogens is 1. The van der Waals surface area contributed by atoms with E-state index in [0.717, 1.165) is 24.3 Å². The van der Waals surface area contributed by atoms with Crippen LogP contribution >= 0.6 is 0 Å². The van der Waals surface area contributed by atoms with Crippen LogP contribution in [0.1, 0.15) is 38.8 Å². The summed E-state index contributed by atoms with van der Waals surface area (Å²) in [5.41, 5.74) is 0.646. The van der Waals surface area contributed by atoms with E-state index in [1.165, 1.54) is 6.92 Å². The van der Waals surface area contributed by atoms with Gasteiger partial charge in [-0.3, -0.25) is 9.59 Å². The van der Waals surface area contributed by atoms with Crippen molar-refractivity contribution in [1.29, 1.82) is 0 Å². The molecule has 0 aromatic heterocycles. The second kappa shape index (κ2) is 9.65. The highest BCUT2D eigenvalue weighted by Gasteiger charge is 2.32. The zero-order valence-electron chi connectivity index (χ0n) is 16.5. The van der Waals surface area contributed by atoms with Gasteiger partial charge in [0.1, 0.15) is 11.1 Å². The van der Waals surface area contributed by atoms with Gasteiger partial charge in [0.15, 0.2) is 9.84 Å². The van der Waals surface area contributed by atoms with Gasteiger partial charge in [0.2, 0.25) is 5.91 Å². The minimum atomic E-state index is -4.03.